The molecule has 1 fully saturated rings. The lowest BCUT2D eigenvalue weighted by atomic mass is 10.1. The van der Waals surface area contributed by atoms with Crippen LogP contribution >= 0.6 is 11.3 Å². The molecule has 3 unspecified atom stereocenters. The third kappa shape index (κ3) is 2.63. The Labute approximate surface area is 101 Å². The summed E-state index contributed by atoms with van der Waals surface area (Å²) in [4.78, 5) is 2.45. The largest absolute Gasteiger partial charge is 0.373 e. The molecule has 1 aromatic heterocycles. The number of ether oxygens (including phenoxy) is 1. The predicted octanol–water partition coefficient (Wildman–Crippen LogP) is 1.86. The van der Waals surface area contributed by atoms with E-state index < -0.39 is 0 Å². The second-order valence-corrected chi connectivity index (χ2v) is 5.30. The maximum Gasteiger partial charge on any atom is 0.0678 e. The molecule has 0 saturated carbocycles. The van der Waals surface area contributed by atoms with Gasteiger partial charge in [0.05, 0.1) is 12.2 Å². The first-order chi connectivity index (χ1) is 7.70. The predicted molar refractivity (Wildman–Crippen MR) is 67.7 cm³/mol. The number of rotatable bonds is 3. The van der Waals surface area contributed by atoms with Gasteiger partial charge >= 0.3 is 0 Å². The Hall–Kier alpha value is -0.420. The first-order valence-electron chi connectivity index (χ1n) is 5.82. The highest BCUT2D eigenvalue weighted by Crippen LogP contribution is 2.25. The molecule has 3 nitrogen and oxygen atoms in total. The van der Waals surface area contributed by atoms with Gasteiger partial charge in [0.25, 0.3) is 0 Å². The van der Waals surface area contributed by atoms with Gasteiger partial charge in [-0.3, -0.25) is 4.90 Å². The summed E-state index contributed by atoms with van der Waals surface area (Å²) >= 11 is 1.74. The van der Waals surface area contributed by atoms with Gasteiger partial charge in [-0.1, -0.05) is 0 Å². The highest BCUT2D eigenvalue weighted by atomic mass is 32.1. The summed E-state index contributed by atoms with van der Waals surface area (Å²) in [5.74, 6) is 0. The Balaban J connectivity index is 2.09. The molecule has 3 atom stereocenters. The molecular formula is C12H20N2OS. The van der Waals surface area contributed by atoms with Crippen LogP contribution in [-0.4, -0.2) is 36.7 Å². The maximum atomic E-state index is 5.91. The van der Waals surface area contributed by atoms with Crippen molar-refractivity contribution in [3.63, 3.8) is 0 Å². The molecule has 0 bridgehead atoms. The highest BCUT2D eigenvalue weighted by Gasteiger charge is 2.28. The van der Waals surface area contributed by atoms with Crippen LogP contribution in [0.15, 0.2) is 16.8 Å². The molecule has 1 aromatic rings. The van der Waals surface area contributed by atoms with Gasteiger partial charge in [-0.15, -0.1) is 0 Å². The third-order valence-electron chi connectivity index (χ3n) is 3.04. The zero-order valence-corrected chi connectivity index (χ0v) is 10.7. The summed E-state index contributed by atoms with van der Waals surface area (Å²) in [7, 11) is 0. The first kappa shape index (κ1) is 12.0. The molecule has 0 amide bonds. The summed E-state index contributed by atoms with van der Waals surface area (Å²) in [6, 6.07) is 2.52. The van der Waals surface area contributed by atoms with Crippen molar-refractivity contribution < 1.29 is 4.74 Å². The Morgan fingerprint density at radius 3 is 2.69 bits per heavy atom. The minimum absolute atomic E-state index is 0.302. The topological polar surface area (TPSA) is 38.5 Å². The van der Waals surface area contributed by atoms with Crippen LogP contribution in [0.3, 0.4) is 0 Å². The summed E-state index contributed by atoms with van der Waals surface area (Å²) in [5.41, 5.74) is 7.25. The maximum absolute atomic E-state index is 5.91. The fourth-order valence-corrected chi connectivity index (χ4v) is 3.14. The second-order valence-electron chi connectivity index (χ2n) is 4.52. The van der Waals surface area contributed by atoms with Crippen LogP contribution < -0.4 is 5.73 Å². The van der Waals surface area contributed by atoms with E-state index in [1.54, 1.807) is 11.3 Å². The van der Waals surface area contributed by atoms with Crippen molar-refractivity contribution >= 4 is 11.3 Å². The summed E-state index contributed by atoms with van der Waals surface area (Å²) in [5, 5.41) is 4.31. The lowest BCUT2D eigenvalue weighted by Crippen LogP contribution is -2.48. The van der Waals surface area contributed by atoms with E-state index >= 15 is 0 Å². The lowest BCUT2D eigenvalue weighted by Gasteiger charge is -2.39. The molecule has 1 aliphatic rings. The third-order valence-corrected chi connectivity index (χ3v) is 3.74. The van der Waals surface area contributed by atoms with Gasteiger partial charge in [0, 0.05) is 25.7 Å². The van der Waals surface area contributed by atoms with Gasteiger partial charge in [0.15, 0.2) is 0 Å². The minimum atomic E-state index is 0.302. The van der Waals surface area contributed by atoms with Crippen LogP contribution in [-0.2, 0) is 4.74 Å². The van der Waals surface area contributed by atoms with Crippen LogP contribution in [0.5, 0.6) is 0 Å². The number of nitrogens with two attached hydrogens (primary N) is 1. The monoisotopic (exact) mass is 240 g/mol. The normalized spacial score (nSPS) is 29.2. The summed E-state index contributed by atoms with van der Waals surface area (Å²) in [6.45, 7) is 6.88. The molecule has 0 aliphatic carbocycles. The Morgan fingerprint density at radius 1 is 1.50 bits per heavy atom. The Bertz CT molecular complexity index is 305. The molecule has 0 radical (unpaired) electrons. The van der Waals surface area contributed by atoms with Crippen molar-refractivity contribution in [2.24, 2.45) is 5.73 Å². The fraction of sp³-hybridized carbons (Fsp3) is 0.667. The molecule has 2 rings (SSSR count). The molecule has 0 spiro atoms. The molecule has 1 saturated heterocycles. The second kappa shape index (κ2) is 5.27. The average Bonchev–Trinajstić information content (AvgIpc) is 2.70. The van der Waals surface area contributed by atoms with Crippen molar-refractivity contribution in [1.29, 1.82) is 0 Å². The minimum Gasteiger partial charge on any atom is -0.373 e. The van der Waals surface area contributed by atoms with Crippen LogP contribution in [0.1, 0.15) is 25.5 Å². The molecule has 1 aliphatic heterocycles. The molecule has 0 aromatic carbocycles. The molecule has 4 heteroatoms. The smallest absolute Gasteiger partial charge is 0.0678 e. The molecular weight excluding hydrogens is 220 g/mol. The van der Waals surface area contributed by atoms with Gasteiger partial charge in [0.1, 0.15) is 0 Å². The fourth-order valence-electron chi connectivity index (χ4n) is 2.43. The summed E-state index contributed by atoms with van der Waals surface area (Å²) < 4.78 is 5.75. The Morgan fingerprint density at radius 2 is 2.19 bits per heavy atom. The number of morpholine rings is 1. The molecule has 90 valence electrons. The molecule has 2 heterocycles. The van der Waals surface area contributed by atoms with E-state index in [-0.39, 0.29) is 0 Å². The number of hydrogen-bond donors (Lipinski definition) is 1. The Kier molecular flexibility index (Phi) is 3.97. The summed E-state index contributed by atoms with van der Waals surface area (Å²) in [6.07, 6.45) is 0.605. The van der Waals surface area contributed by atoms with Crippen molar-refractivity contribution in [2.75, 3.05) is 19.6 Å². The average molecular weight is 240 g/mol. The SMILES string of the molecule is CC1CN(C(CN)c2ccsc2)CC(C)O1. The first-order valence-corrected chi connectivity index (χ1v) is 6.76. The van der Waals surface area contributed by atoms with Gasteiger partial charge in [-0.2, -0.15) is 11.3 Å². The van der Waals surface area contributed by atoms with Crippen molar-refractivity contribution in [2.45, 2.75) is 32.1 Å². The quantitative estimate of drug-likeness (QED) is 0.876. The van der Waals surface area contributed by atoms with Crippen molar-refractivity contribution in [3.05, 3.63) is 22.4 Å². The lowest BCUT2D eigenvalue weighted by molar-refractivity contribution is -0.0798. The van der Waals surface area contributed by atoms with E-state index in [0.29, 0.717) is 24.8 Å². The van der Waals surface area contributed by atoms with Crippen LogP contribution in [0.2, 0.25) is 0 Å². The van der Waals surface area contributed by atoms with E-state index in [1.165, 1.54) is 5.56 Å². The number of nitrogens with zero attached hydrogens (tertiary/aromatic N) is 1. The highest BCUT2D eigenvalue weighted by molar-refractivity contribution is 7.07. The van der Waals surface area contributed by atoms with Gasteiger partial charge < -0.3 is 10.5 Å². The standard InChI is InChI=1S/C12H20N2OS/c1-9-6-14(7-10(2)15-9)12(5-13)11-3-4-16-8-11/h3-4,8-10,12H,5-7,13H2,1-2H3. The van der Waals surface area contributed by atoms with Crippen molar-refractivity contribution in [3.8, 4) is 0 Å². The number of thiophene rings is 1. The van der Waals surface area contributed by atoms with E-state index in [9.17, 15) is 0 Å². The van der Waals surface area contributed by atoms with Gasteiger partial charge in [0.2, 0.25) is 0 Å². The van der Waals surface area contributed by atoms with Crippen molar-refractivity contribution in [1.82, 2.24) is 4.90 Å². The number of hydrogen-bond acceptors (Lipinski definition) is 4. The van der Waals surface area contributed by atoms with Crippen LogP contribution in [0.25, 0.3) is 0 Å². The van der Waals surface area contributed by atoms with Gasteiger partial charge in [-0.25, -0.2) is 0 Å². The zero-order valence-electron chi connectivity index (χ0n) is 9.93. The van der Waals surface area contributed by atoms with E-state index in [0.717, 1.165) is 13.1 Å². The molecule has 16 heavy (non-hydrogen) atoms. The zero-order chi connectivity index (χ0) is 11.5. The van der Waals surface area contributed by atoms with Gasteiger partial charge in [-0.05, 0) is 36.2 Å². The molecule has 2 N–H and O–H groups in total. The van der Waals surface area contributed by atoms with E-state index in [2.05, 4.69) is 35.6 Å². The van der Waals surface area contributed by atoms with E-state index in [1.807, 2.05) is 0 Å². The van der Waals surface area contributed by atoms with E-state index in [4.69, 9.17) is 10.5 Å². The van der Waals surface area contributed by atoms with Crippen LogP contribution in [0.4, 0.5) is 0 Å². The van der Waals surface area contributed by atoms with Crippen LogP contribution in [0, 0.1) is 0 Å².